The molecule has 1 aromatic rings. The smallest absolute Gasteiger partial charge is 0.147 e. The molecule has 3 nitrogen and oxygen atoms in total. The van der Waals surface area contributed by atoms with Crippen molar-refractivity contribution in [2.75, 3.05) is 11.9 Å². The third kappa shape index (κ3) is 1.92. The highest BCUT2D eigenvalue weighted by atomic mass is 19.1. The molecule has 0 spiro atoms. The molecule has 0 aliphatic heterocycles. The topological polar surface area (TPSA) is 56.0 Å². The molecule has 1 aliphatic carbocycles. The lowest BCUT2D eigenvalue weighted by atomic mass is 10.2. The summed E-state index contributed by atoms with van der Waals surface area (Å²) >= 11 is 0. The summed E-state index contributed by atoms with van der Waals surface area (Å²) < 4.78 is 13.4. The molecular formula is C11H11FN2O. The lowest BCUT2D eigenvalue weighted by Gasteiger charge is -2.16. The Morgan fingerprint density at radius 2 is 2.27 bits per heavy atom. The van der Waals surface area contributed by atoms with Crippen LogP contribution in [0.4, 0.5) is 10.1 Å². The van der Waals surface area contributed by atoms with Gasteiger partial charge >= 0.3 is 0 Å². The van der Waals surface area contributed by atoms with Crippen molar-refractivity contribution in [2.24, 2.45) is 0 Å². The maximum Gasteiger partial charge on any atom is 0.147 e. The summed E-state index contributed by atoms with van der Waals surface area (Å²) in [4.78, 5) is 0. The van der Waals surface area contributed by atoms with Gasteiger partial charge in [-0.1, -0.05) is 0 Å². The maximum absolute atomic E-state index is 13.4. The number of rotatable bonds is 3. The molecule has 2 N–H and O–H groups in total. The SMILES string of the molecule is N#Cc1ccc(NC2(CO)CC2)c(F)c1. The van der Waals surface area contributed by atoms with E-state index in [9.17, 15) is 4.39 Å². The second-order valence-corrected chi connectivity index (χ2v) is 3.87. The van der Waals surface area contributed by atoms with Gasteiger partial charge in [-0.15, -0.1) is 0 Å². The lowest BCUT2D eigenvalue weighted by Crippen LogP contribution is -2.26. The fourth-order valence-electron chi connectivity index (χ4n) is 1.45. The van der Waals surface area contributed by atoms with Crippen LogP contribution in [0, 0.1) is 17.1 Å². The van der Waals surface area contributed by atoms with Crippen LogP contribution in [0.2, 0.25) is 0 Å². The first-order valence-electron chi connectivity index (χ1n) is 4.78. The van der Waals surface area contributed by atoms with Gasteiger partial charge in [0.15, 0.2) is 0 Å². The van der Waals surface area contributed by atoms with Gasteiger partial charge < -0.3 is 10.4 Å². The van der Waals surface area contributed by atoms with E-state index < -0.39 is 5.82 Å². The van der Waals surface area contributed by atoms with Crippen LogP contribution in [0.25, 0.3) is 0 Å². The van der Waals surface area contributed by atoms with E-state index in [4.69, 9.17) is 10.4 Å². The minimum Gasteiger partial charge on any atom is -0.394 e. The molecule has 0 heterocycles. The van der Waals surface area contributed by atoms with Gasteiger partial charge in [0, 0.05) is 0 Å². The number of nitrogens with zero attached hydrogens (tertiary/aromatic N) is 1. The summed E-state index contributed by atoms with van der Waals surface area (Å²) in [5.41, 5.74) is 0.307. The Morgan fingerprint density at radius 3 is 2.73 bits per heavy atom. The van der Waals surface area contributed by atoms with Gasteiger partial charge in [0.1, 0.15) is 5.82 Å². The van der Waals surface area contributed by atoms with E-state index in [0.29, 0.717) is 11.3 Å². The van der Waals surface area contributed by atoms with Gasteiger partial charge in [0.2, 0.25) is 0 Å². The minimum absolute atomic E-state index is 0.00639. The minimum atomic E-state index is -0.450. The van der Waals surface area contributed by atoms with Crippen LogP contribution in [0.3, 0.4) is 0 Å². The molecule has 1 aliphatic rings. The molecule has 0 atom stereocenters. The number of aliphatic hydroxyl groups excluding tert-OH is 1. The number of nitrogens with one attached hydrogen (secondary N) is 1. The van der Waals surface area contributed by atoms with Crippen LogP contribution in [0.1, 0.15) is 18.4 Å². The van der Waals surface area contributed by atoms with Crippen molar-refractivity contribution < 1.29 is 9.50 Å². The zero-order chi connectivity index (χ0) is 10.9. The first-order valence-corrected chi connectivity index (χ1v) is 4.78. The normalized spacial score (nSPS) is 16.9. The van der Waals surface area contributed by atoms with Crippen molar-refractivity contribution in [3.63, 3.8) is 0 Å². The molecule has 4 heteroatoms. The first kappa shape index (κ1) is 9.94. The highest BCUT2D eigenvalue weighted by molar-refractivity contribution is 5.51. The standard InChI is InChI=1S/C11H11FN2O/c12-9-5-8(6-13)1-2-10(9)14-11(7-15)3-4-11/h1-2,5,14-15H,3-4,7H2. The van der Waals surface area contributed by atoms with Crippen molar-refractivity contribution in [3.05, 3.63) is 29.6 Å². The molecule has 0 aromatic heterocycles. The number of halogens is 1. The molecule has 1 fully saturated rings. The van der Waals surface area contributed by atoms with Crippen LogP contribution >= 0.6 is 0 Å². The molecule has 0 saturated heterocycles. The van der Waals surface area contributed by atoms with Crippen molar-refractivity contribution in [1.29, 1.82) is 5.26 Å². The molecule has 2 rings (SSSR count). The molecule has 0 bridgehead atoms. The largest absolute Gasteiger partial charge is 0.394 e. The highest BCUT2D eigenvalue weighted by Gasteiger charge is 2.42. The Balaban J connectivity index is 2.19. The van der Waals surface area contributed by atoms with Crippen molar-refractivity contribution >= 4 is 5.69 Å². The number of hydrogen-bond donors (Lipinski definition) is 2. The molecule has 0 amide bonds. The van der Waals surface area contributed by atoms with Crippen LogP contribution in [0.5, 0.6) is 0 Å². The Kier molecular flexibility index (Phi) is 2.33. The summed E-state index contributed by atoms with van der Waals surface area (Å²) in [5, 5.41) is 20.6. The third-order valence-corrected chi connectivity index (χ3v) is 2.65. The lowest BCUT2D eigenvalue weighted by molar-refractivity contribution is 0.266. The quantitative estimate of drug-likeness (QED) is 0.790. The fraction of sp³-hybridized carbons (Fsp3) is 0.364. The number of anilines is 1. The zero-order valence-corrected chi connectivity index (χ0v) is 8.13. The average molecular weight is 206 g/mol. The molecule has 0 unspecified atom stereocenters. The average Bonchev–Trinajstić information content (AvgIpc) is 3.02. The second kappa shape index (κ2) is 3.52. The van der Waals surface area contributed by atoms with E-state index in [2.05, 4.69) is 5.32 Å². The summed E-state index contributed by atoms with van der Waals surface area (Å²) in [7, 11) is 0. The molecule has 15 heavy (non-hydrogen) atoms. The number of benzene rings is 1. The van der Waals surface area contributed by atoms with Crippen LogP contribution in [-0.2, 0) is 0 Å². The van der Waals surface area contributed by atoms with E-state index in [1.165, 1.54) is 12.1 Å². The Hall–Kier alpha value is -1.60. The van der Waals surface area contributed by atoms with Gasteiger partial charge in [-0.2, -0.15) is 5.26 Å². The van der Waals surface area contributed by atoms with Crippen LogP contribution < -0.4 is 5.32 Å². The summed E-state index contributed by atoms with van der Waals surface area (Å²) in [6.07, 6.45) is 1.70. The molecule has 1 aromatic carbocycles. The Labute approximate surface area is 87.2 Å². The van der Waals surface area contributed by atoms with Gasteiger partial charge in [-0.3, -0.25) is 0 Å². The molecular weight excluding hydrogens is 195 g/mol. The summed E-state index contributed by atoms with van der Waals surface area (Å²) in [5.74, 6) is -0.450. The number of nitriles is 1. The highest BCUT2D eigenvalue weighted by Crippen LogP contribution is 2.38. The molecule has 78 valence electrons. The maximum atomic E-state index is 13.4. The van der Waals surface area contributed by atoms with Gasteiger partial charge in [-0.25, -0.2) is 4.39 Å². The predicted molar refractivity (Wildman–Crippen MR) is 53.8 cm³/mol. The van der Waals surface area contributed by atoms with E-state index >= 15 is 0 Å². The third-order valence-electron chi connectivity index (χ3n) is 2.65. The van der Waals surface area contributed by atoms with Gasteiger partial charge in [-0.05, 0) is 31.0 Å². The number of hydrogen-bond acceptors (Lipinski definition) is 3. The van der Waals surface area contributed by atoms with Crippen molar-refractivity contribution in [3.8, 4) is 6.07 Å². The van der Waals surface area contributed by atoms with Crippen LogP contribution in [0.15, 0.2) is 18.2 Å². The van der Waals surface area contributed by atoms with Gasteiger partial charge in [0.25, 0.3) is 0 Å². The molecule has 0 radical (unpaired) electrons. The Bertz CT molecular complexity index is 421. The zero-order valence-electron chi connectivity index (χ0n) is 8.13. The number of aliphatic hydroxyl groups is 1. The van der Waals surface area contributed by atoms with Crippen LogP contribution in [-0.4, -0.2) is 17.3 Å². The first-order chi connectivity index (χ1) is 7.19. The van der Waals surface area contributed by atoms with E-state index in [1.54, 1.807) is 6.07 Å². The summed E-state index contributed by atoms with van der Waals surface area (Å²) in [6, 6.07) is 6.15. The van der Waals surface area contributed by atoms with E-state index in [0.717, 1.165) is 12.8 Å². The second-order valence-electron chi connectivity index (χ2n) is 3.87. The van der Waals surface area contributed by atoms with Gasteiger partial charge in [0.05, 0.1) is 29.5 Å². The fourth-order valence-corrected chi connectivity index (χ4v) is 1.45. The van der Waals surface area contributed by atoms with Crippen molar-refractivity contribution in [2.45, 2.75) is 18.4 Å². The Morgan fingerprint density at radius 1 is 1.53 bits per heavy atom. The molecule has 1 saturated carbocycles. The van der Waals surface area contributed by atoms with E-state index in [-0.39, 0.29) is 12.1 Å². The monoisotopic (exact) mass is 206 g/mol. The van der Waals surface area contributed by atoms with E-state index in [1.807, 2.05) is 6.07 Å². The predicted octanol–water partition coefficient (Wildman–Crippen LogP) is 1.63. The van der Waals surface area contributed by atoms with Crippen molar-refractivity contribution in [1.82, 2.24) is 0 Å². The summed E-state index contributed by atoms with van der Waals surface area (Å²) in [6.45, 7) is 0.00639.